The fraction of sp³-hybridized carbons (Fsp3) is 1.00. The molecular formula is C14H26F3NO. The lowest BCUT2D eigenvalue weighted by atomic mass is 9.76. The highest BCUT2D eigenvalue weighted by atomic mass is 19.4. The van der Waals surface area contributed by atoms with Crippen LogP contribution in [0, 0.1) is 11.8 Å². The largest absolute Gasteiger partial charge is 0.391 e. The maximum absolute atomic E-state index is 12.8. The van der Waals surface area contributed by atoms with Gasteiger partial charge in [-0.05, 0) is 44.6 Å². The van der Waals surface area contributed by atoms with Crippen LogP contribution in [0.4, 0.5) is 13.2 Å². The van der Waals surface area contributed by atoms with Gasteiger partial charge in [0, 0.05) is 19.8 Å². The minimum absolute atomic E-state index is 0.150. The number of methoxy groups -OCH3 is 1. The maximum Gasteiger partial charge on any atom is 0.391 e. The molecule has 19 heavy (non-hydrogen) atoms. The van der Waals surface area contributed by atoms with E-state index in [4.69, 9.17) is 4.74 Å². The fourth-order valence-electron chi connectivity index (χ4n) is 3.10. The van der Waals surface area contributed by atoms with E-state index in [2.05, 4.69) is 5.32 Å². The van der Waals surface area contributed by atoms with Crippen LogP contribution in [0.1, 0.15) is 45.4 Å². The summed E-state index contributed by atoms with van der Waals surface area (Å²) >= 11 is 0. The van der Waals surface area contributed by atoms with Crippen molar-refractivity contribution in [3.63, 3.8) is 0 Å². The van der Waals surface area contributed by atoms with Gasteiger partial charge in [0.2, 0.25) is 0 Å². The van der Waals surface area contributed by atoms with Gasteiger partial charge in [0.25, 0.3) is 0 Å². The monoisotopic (exact) mass is 281 g/mol. The Morgan fingerprint density at radius 1 is 1.32 bits per heavy atom. The van der Waals surface area contributed by atoms with Gasteiger partial charge in [0.05, 0.1) is 5.92 Å². The Balaban J connectivity index is 2.52. The Labute approximate surface area is 114 Å². The lowest BCUT2D eigenvalue weighted by Gasteiger charge is -2.35. The predicted octanol–water partition coefficient (Wildman–Crippen LogP) is 3.76. The molecule has 5 heteroatoms. The van der Waals surface area contributed by atoms with E-state index in [0.717, 1.165) is 25.8 Å². The Morgan fingerprint density at radius 3 is 2.63 bits per heavy atom. The molecule has 0 spiro atoms. The van der Waals surface area contributed by atoms with Crippen LogP contribution < -0.4 is 5.32 Å². The van der Waals surface area contributed by atoms with E-state index < -0.39 is 12.1 Å². The van der Waals surface area contributed by atoms with Crippen molar-refractivity contribution in [3.8, 4) is 0 Å². The Hall–Kier alpha value is -0.290. The summed E-state index contributed by atoms with van der Waals surface area (Å²) in [5.41, 5.74) is 0. The summed E-state index contributed by atoms with van der Waals surface area (Å²) in [6, 6.07) is 0.199. The third kappa shape index (κ3) is 5.69. The van der Waals surface area contributed by atoms with Gasteiger partial charge in [-0.1, -0.05) is 13.3 Å². The lowest BCUT2D eigenvalue weighted by Crippen LogP contribution is -2.41. The van der Waals surface area contributed by atoms with Crippen LogP contribution in [0.15, 0.2) is 0 Å². The Bertz CT molecular complexity index is 245. The molecule has 1 rings (SSSR count). The van der Waals surface area contributed by atoms with Crippen LogP contribution in [0.2, 0.25) is 0 Å². The van der Waals surface area contributed by atoms with Crippen LogP contribution in [0.3, 0.4) is 0 Å². The maximum atomic E-state index is 12.8. The van der Waals surface area contributed by atoms with Crippen molar-refractivity contribution in [2.75, 3.05) is 20.3 Å². The highest BCUT2D eigenvalue weighted by molar-refractivity contribution is 4.85. The molecule has 1 fully saturated rings. The van der Waals surface area contributed by atoms with Crippen molar-refractivity contribution in [2.24, 2.45) is 11.8 Å². The average molecular weight is 281 g/mol. The number of hydrogen-bond donors (Lipinski definition) is 1. The summed E-state index contributed by atoms with van der Waals surface area (Å²) in [6.45, 7) is 3.50. The fourth-order valence-corrected chi connectivity index (χ4v) is 3.10. The summed E-state index contributed by atoms with van der Waals surface area (Å²) < 4.78 is 43.5. The quantitative estimate of drug-likeness (QED) is 0.717. The summed E-state index contributed by atoms with van der Waals surface area (Å²) in [5, 5.41) is 3.36. The lowest BCUT2D eigenvalue weighted by molar-refractivity contribution is -0.186. The molecule has 0 aliphatic heterocycles. The van der Waals surface area contributed by atoms with Crippen molar-refractivity contribution in [1.82, 2.24) is 5.32 Å². The summed E-state index contributed by atoms with van der Waals surface area (Å²) in [4.78, 5) is 0. The number of ether oxygens (including phenoxy) is 1. The van der Waals surface area contributed by atoms with E-state index in [1.54, 1.807) is 7.11 Å². The first-order valence-electron chi connectivity index (χ1n) is 7.28. The SMILES string of the molecule is CCNC(CCCOC)C1CCCC(C(F)(F)F)C1. The second-order valence-corrected chi connectivity index (χ2v) is 5.46. The van der Waals surface area contributed by atoms with Gasteiger partial charge in [-0.25, -0.2) is 0 Å². The second kappa shape index (κ2) is 8.10. The van der Waals surface area contributed by atoms with Gasteiger partial charge < -0.3 is 10.1 Å². The van der Waals surface area contributed by atoms with Crippen molar-refractivity contribution < 1.29 is 17.9 Å². The second-order valence-electron chi connectivity index (χ2n) is 5.46. The number of rotatable bonds is 7. The minimum Gasteiger partial charge on any atom is -0.385 e. The smallest absolute Gasteiger partial charge is 0.385 e. The van der Waals surface area contributed by atoms with Gasteiger partial charge in [0.1, 0.15) is 0 Å². The highest BCUT2D eigenvalue weighted by Gasteiger charge is 2.43. The third-order valence-corrected chi connectivity index (χ3v) is 4.08. The van der Waals surface area contributed by atoms with Gasteiger partial charge >= 0.3 is 6.18 Å². The number of alkyl halides is 3. The molecule has 114 valence electrons. The molecule has 0 amide bonds. The van der Waals surface area contributed by atoms with Crippen molar-refractivity contribution in [3.05, 3.63) is 0 Å². The zero-order chi connectivity index (χ0) is 14.3. The molecule has 1 saturated carbocycles. The minimum atomic E-state index is -4.03. The van der Waals surface area contributed by atoms with E-state index >= 15 is 0 Å². The van der Waals surface area contributed by atoms with E-state index in [0.29, 0.717) is 19.4 Å². The summed E-state index contributed by atoms with van der Waals surface area (Å²) in [5.74, 6) is -0.952. The van der Waals surface area contributed by atoms with Gasteiger partial charge in [-0.2, -0.15) is 13.2 Å². The first-order valence-corrected chi connectivity index (χ1v) is 7.28. The first kappa shape index (κ1) is 16.8. The van der Waals surface area contributed by atoms with Crippen molar-refractivity contribution in [1.29, 1.82) is 0 Å². The third-order valence-electron chi connectivity index (χ3n) is 4.08. The van der Waals surface area contributed by atoms with Crippen molar-refractivity contribution >= 4 is 0 Å². The zero-order valence-corrected chi connectivity index (χ0v) is 11.9. The molecule has 1 aliphatic carbocycles. The number of halogens is 3. The molecule has 3 unspecified atom stereocenters. The molecule has 0 bridgehead atoms. The predicted molar refractivity (Wildman–Crippen MR) is 70.1 cm³/mol. The Morgan fingerprint density at radius 2 is 2.05 bits per heavy atom. The van der Waals surface area contributed by atoms with Crippen LogP contribution in [0.5, 0.6) is 0 Å². The number of nitrogens with one attached hydrogen (secondary N) is 1. The molecular weight excluding hydrogens is 255 g/mol. The zero-order valence-electron chi connectivity index (χ0n) is 11.9. The van der Waals surface area contributed by atoms with Crippen LogP contribution in [0.25, 0.3) is 0 Å². The van der Waals surface area contributed by atoms with E-state index in [1.807, 2.05) is 6.92 Å². The highest BCUT2D eigenvalue weighted by Crippen LogP contribution is 2.41. The molecule has 0 aromatic carbocycles. The Kier molecular flexibility index (Phi) is 7.15. The molecule has 1 aliphatic rings. The van der Waals surface area contributed by atoms with E-state index in [-0.39, 0.29) is 18.4 Å². The van der Waals surface area contributed by atoms with Gasteiger partial charge in [0.15, 0.2) is 0 Å². The van der Waals surface area contributed by atoms with Crippen LogP contribution in [-0.4, -0.2) is 32.5 Å². The van der Waals surface area contributed by atoms with Gasteiger partial charge in [-0.3, -0.25) is 0 Å². The first-order chi connectivity index (χ1) is 8.99. The standard InChI is InChI=1S/C14H26F3NO/c1-3-18-13(8-5-9-19-2)11-6-4-7-12(10-11)14(15,16)17/h11-13,18H,3-10H2,1-2H3. The molecule has 2 nitrogen and oxygen atoms in total. The molecule has 0 aromatic heterocycles. The van der Waals surface area contributed by atoms with Gasteiger partial charge in [-0.15, -0.1) is 0 Å². The molecule has 0 saturated heterocycles. The average Bonchev–Trinajstić information content (AvgIpc) is 2.37. The van der Waals surface area contributed by atoms with Crippen LogP contribution >= 0.6 is 0 Å². The normalized spacial score (nSPS) is 26.4. The van der Waals surface area contributed by atoms with E-state index in [1.165, 1.54) is 0 Å². The summed E-state index contributed by atoms with van der Waals surface area (Å²) in [6.07, 6.45) is -0.0243. The molecule has 1 N–H and O–H groups in total. The molecule has 0 radical (unpaired) electrons. The topological polar surface area (TPSA) is 21.3 Å². The number of hydrogen-bond acceptors (Lipinski definition) is 2. The molecule has 3 atom stereocenters. The van der Waals surface area contributed by atoms with Crippen molar-refractivity contribution in [2.45, 2.75) is 57.7 Å². The molecule has 0 aromatic rings. The summed E-state index contributed by atoms with van der Waals surface area (Å²) in [7, 11) is 1.66. The van der Waals surface area contributed by atoms with E-state index in [9.17, 15) is 13.2 Å². The molecule has 0 heterocycles. The van der Waals surface area contributed by atoms with Crippen LogP contribution in [-0.2, 0) is 4.74 Å².